The van der Waals surface area contributed by atoms with Gasteiger partial charge in [-0.05, 0) is 54.6 Å². The minimum atomic E-state index is -0.0300. The normalized spacial score (nSPS) is 12.0. The van der Waals surface area contributed by atoms with Gasteiger partial charge in [-0.2, -0.15) is 0 Å². The summed E-state index contributed by atoms with van der Waals surface area (Å²) in [5.74, 6) is 0. The molecule has 0 saturated carbocycles. The molecule has 41 heavy (non-hydrogen) atoms. The van der Waals surface area contributed by atoms with Crippen molar-refractivity contribution in [2.24, 2.45) is 0 Å². The lowest BCUT2D eigenvalue weighted by Crippen LogP contribution is -2.04. The van der Waals surface area contributed by atoms with Crippen LogP contribution in [-0.2, 0) is 0 Å². The van der Waals surface area contributed by atoms with Gasteiger partial charge in [0.05, 0.1) is 32.8 Å². The van der Waals surface area contributed by atoms with E-state index in [2.05, 4.69) is 106 Å². The highest BCUT2D eigenvalue weighted by Gasteiger charge is 2.16. The molecule has 9 aromatic rings. The first-order chi connectivity index (χ1) is 20.3. The monoisotopic (exact) mass is 526 g/mol. The van der Waals surface area contributed by atoms with E-state index in [1.165, 1.54) is 21.5 Å². The number of fused-ring (bicyclic) bond motifs is 8. The summed E-state index contributed by atoms with van der Waals surface area (Å²) in [6.07, 6.45) is 0. The van der Waals surface area contributed by atoms with Crippen molar-refractivity contribution < 1.29 is 4.42 Å². The molecule has 4 nitrogen and oxygen atoms in total. The van der Waals surface area contributed by atoms with Crippen molar-refractivity contribution in [3.8, 4) is 11.4 Å². The van der Waals surface area contributed by atoms with Crippen LogP contribution < -0.4 is 5.43 Å². The molecule has 0 N–H and O–H groups in total. The van der Waals surface area contributed by atoms with E-state index >= 15 is 0 Å². The first-order valence-electron chi connectivity index (χ1n) is 13.7. The maximum absolute atomic E-state index is 13.9. The average molecular weight is 527 g/mol. The third-order valence-electron chi connectivity index (χ3n) is 8.31. The molecule has 9 rings (SSSR count). The van der Waals surface area contributed by atoms with Gasteiger partial charge in [0.25, 0.3) is 0 Å². The van der Waals surface area contributed by atoms with E-state index in [0.717, 1.165) is 33.4 Å². The van der Waals surface area contributed by atoms with Gasteiger partial charge in [0.1, 0.15) is 11.2 Å². The molecule has 192 valence electrons. The molecule has 0 bridgehead atoms. The van der Waals surface area contributed by atoms with Crippen LogP contribution in [-0.4, -0.2) is 9.13 Å². The maximum Gasteiger partial charge on any atom is 0.200 e. The Hall–Kier alpha value is -5.61. The molecule has 0 spiro atoms. The molecule has 0 aliphatic heterocycles. The summed E-state index contributed by atoms with van der Waals surface area (Å²) in [4.78, 5) is 13.9. The molecule has 0 amide bonds. The van der Waals surface area contributed by atoms with Crippen LogP contribution in [0.25, 0.3) is 76.9 Å². The van der Waals surface area contributed by atoms with Crippen LogP contribution in [0, 0.1) is 0 Å². The predicted molar refractivity (Wildman–Crippen MR) is 169 cm³/mol. The smallest absolute Gasteiger partial charge is 0.200 e. The van der Waals surface area contributed by atoms with Crippen molar-refractivity contribution in [1.29, 1.82) is 0 Å². The summed E-state index contributed by atoms with van der Waals surface area (Å²) in [7, 11) is 0. The average Bonchev–Trinajstić information content (AvgIpc) is 3.54. The van der Waals surface area contributed by atoms with Crippen LogP contribution in [0.1, 0.15) is 0 Å². The van der Waals surface area contributed by atoms with Crippen molar-refractivity contribution >= 4 is 65.6 Å². The molecule has 4 heteroatoms. The fraction of sp³-hybridized carbons (Fsp3) is 0. The Bertz CT molecular complexity index is 2460. The Morgan fingerprint density at radius 2 is 0.829 bits per heavy atom. The molecule has 0 aliphatic rings. The summed E-state index contributed by atoms with van der Waals surface area (Å²) in [5, 5.41) is 5.90. The van der Waals surface area contributed by atoms with E-state index in [9.17, 15) is 4.79 Å². The standard InChI is InChI=1S/C37H22N2O2/c40-37-29-19-17-24(39-33-15-7-3-11-27(33)28-12-4-8-16-34(28)39)22-36(29)41-35-20-18-23(21-30(35)37)38-31-13-5-1-9-25(31)26-10-2-6-14-32(26)38/h1-22H. The van der Waals surface area contributed by atoms with E-state index in [4.69, 9.17) is 4.42 Å². The highest BCUT2D eigenvalue weighted by molar-refractivity contribution is 6.10. The lowest BCUT2D eigenvalue weighted by Gasteiger charge is -2.11. The molecule has 0 fully saturated rings. The molecule has 0 saturated heterocycles. The second kappa shape index (κ2) is 8.20. The predicted octanol–water partition coefficient (Wildman–Crippen LogP) is 9.14. The molecule has 3 aromatic heterocycles. The first kappa shape index (κ1) is 22.2. The van der Waals surface area contributed by atoms with Gasteiger partial charge in [-0.15, -0.1) is 0 Å². The highest BCUT2D eigenvalue weighted by atomic mass is 16.3. The Balaban J connectivity index is 1.27. The first-order valence-corrected chi connectivity index (χ1v) is 13.7. The van der Waals surface area contributed by atoms with Crippen molar-refractivity contribution in [2.45, 2.75) is 0 Å². The van der Waals surface area contributed by atoms with E-state index < -0.39 is 0 Å². The van der Waals surface area contributed by atoms with Gasteiger partial charge < -0.3 is 13.6 Å². The SMILES string of the molecule is O=c1c2ccc(-n3c4ccccc4c4ccccc43)cc2oc2ccc(-n3c4ccccc4c4ccccc43)cc12. The van der Waals surface area contributed by atoms with Crippen LogP contribution >= 0.6 is 0 Å². The van der Waals surface area contributed by atoms with Crippen molar-refractivity contribution in [3.63, 3.8) is 0 Å². The van der Waals surface area contributed by atoms with Gasteiger partial charge in [-0.3, -0.25) is 4.79 Å². The third-order valence-corrected chi connectivity index (χ3v) is 8.31. The lowest BCUT2D eigenvalue weighted by atomic mass is 10.1. The largest absolute Gasteiger partial charge is 0.456 e. The van der Waals surface area contributed by atoms with E-state index in [-0.39, 0.29) is 5.43 Å². The summed E-state index contributed by atoms with van der Waals surface area (Å²) >= 11 is 0. The van der Waals surface area contributed by atoms with Crippen molar-refractivity contribution in [1.82, 2.24) is 9.13 Å². The summed E-state index contributed by atoms with van der Waals surface area (Å²) < 4.78 is 10.9. The van der Waals surface area contributed by atoms with Crippen LogP contribution in [0.3, 0.4) is 0 Å². The second-order valence-corrected chi connectivity index (χ2v) is 10.5. The molecule has 0 atom stereocenters. The van der Waals surface area contributed by atoms with Gasteiger partial charge in [0.15, 0.2) is 0 Å². The third kappa shape index (κ3) is 3.07. The fourth-order valence-electron chi connectivity index (χ4n) is 6.51. The summed E-state index contributed by atoms with van der Waals surface area (Å²) in [5.41, 5.74) is 7.46. The fourth-order valence-corrected chi connectivity index (χ4v) is 6.51. The zero-order chi connectivity index (χ0) is 27.1. The van der Waals surface area contributed by atoms with Gasteiger partial charge >= 0.3 is 0 Å². The number of benzene rings is 6. The van der Waals surface area contributed by atoms with Crippen molar-refractivity contribution in [2.75, 3.05) is 0 Å². The van der Waals surface area contributed by atoms with Crippen LogP contribution in [0.5, 0.6) is 0 Å². The molecular weight excluding hydrogens is 504 g/mol. The van der Waals surface area contributed by atoms with Crippen LogP contribution in [0.4, 0.5) is 0 Å². The Labute approximate surface area is 233 Å². The number of hydrogen-bond acceptors (Lipinski definition) is 2. The number of nitrogens with zero attached hydrogens (tertiary/aromatic N) is 2. The minimum absolute atomic E-state index is 0.0300. The van der Waals surface area contributed by atoms with Gasteiger partial charge in [-0.25, -0.2) is 0 Å². The van der Waals surface area contributed by atoms with E-state index in [1.807, 2.05) is 36.4 Å². The van der Waals surface area contributed by atoms with Crippen molar-refractivity contribution in [3.05, 3.63) is 144 Å². The zero-order valence-corrected chi connectivity index (χ0v) is 21.9. The quantitative estimate of drug-likeness (QED) is 0.211. The maximum atomic E-state index is 13.9. The van der Waals surface area contributed by atoms with Gasteiger partial charge in [-0.1, -0.05) is 72.8 Å². The summed E-state index contributed by atoms with van der Waals surface area (Å²) in [6, 6.07) is 45.4. The number of hydrogen-bond donors (Lipinski definition) is 0. The number of para-hydroxylation sites is 4. The number of rotatable bonds is 2. The van der Waals surface area contributed by atoms with Gasteiger partial charge in [0, 0.05) is 39.0 Å². The zero-order valence-electron chi connectivity index (χ0n) is 21.9. The molecule has 0 radical (unpaired) electrons. The molecular formula is C37H22N2O2. The second-order valence-electron chi connectivity index (χ2n) is 10.5. The Morgan fingerprint density at radius 3 is 1.34 bits per heavy atom. The topological polar surface area (TPSA) is 40.1 Å². The number of aromatic nitrogens is 2. The Morgan fingerprint density at radius 1 is 0.390 bits per heavy atom. The Kier molecular flexibility index (Phi) is 4.44. The van der Waals surface area contributed by atoms with Gasteiger partial charge in [0.2, 0.25) is 5.43 Å². The van der Waals surface area contributed by atoms with Crippen LogP contribution in [0.2, 0.25) is 0 Å². The molecule has 0 aliphatic carbocycles. The highest BCUT2D eigenvalue weighted by Crippen LogP contribution is 2.35. The van der Waals surface area contributed by atoms with Crippen LogP contribution in [0.15, 0.2) is 143 Å². The molecule has 0 unspecified atom stereocenters. The summed E-state index contributed by atoms with van der Waals surface area (Å²) in [6.45, 7) is 0. The van der Waals surface area contributed by atoms with E-state index in [1.54, 1.807) is 0 Å². The minimum Gasteiger partial charge on any atom is -0.456 e. The molecule has 6 aromatic carbocycles. The lowest BCUT2D eigenvalue weighted by molar-refractivity contribution is 0.659. The van der Waals surface area contributed by atoms with E-state index in [0.29, 0.717) is 21.9 Å². The molecule has 3 heterocycles.